The molecule has 2 atom stereocenters. The van der Waals surface area contributed by atoms with E-state index >= 15 is 0 Å². The average Bonchev–Trinajstić information content (AvgIpc) is 3.19. The summed E-state index contributed by atoms with van der Waals surface area (Å²) in [6.45, 7) is 0.444. The van der Waals surface area contributed by atoms with Crippen LogP contribution >= 0.6 is 0 Å². The monoisotopic (exact) mass is 287 g/mol. The third kappa shape index (κ3) is 2.93. The summed E-state index contributed by atoms with van der Waals surface area (Å²) < 4.78 is 7.21. The smallest absolute Gasteiger partial charge is 0.253 e. The van der Waals surface area contributed by atoms with Crippen molar-refractivity contribution in [3.63, 3.8) is 0 Å². The highest BCUT2D eigenvalue weighted by Gasteiger charge is 2.30. The van der Waals surface area contributed by atoms with Gasteiger partial charge in [0, 0.05) is 6.54 Å². The fraction of sp³-hybridized carbons (Fsp3) is 0.357. The number of benzene rings is 1. The van der Waals surface area contributed by atoms with Gasteiger partial charge in [-0.2, -0.15) is 5.10 Å². The maximum atomic E-state index is 12.3. The number of hydrogen-bond acceptors (Lipinski definition) is 5. The molecule has 7 heteroatoms. The first kappa shape index (κ1) is 13.7. The van der Waals surface area contributed by atoms with E-state index in [9.17, 15) is 4.79 Å². The molecule has 1 aromatic carbocycles. The Morgan fingerprint density at radius 2 is 2.29 bits per heavy atom. The number of nitrogens with zero attached hydrogens (tertiary/aromatic N) is 3. The van der Waals surface area contributed by atoms with E-state index in [0.29, 0.717) is 18.7 Å². The quantitative estimate of drug-likeness (QED) is 0.863. The molecule has 0 spiro atoms. The lowest BCUT2D eigenvalue weighted by atomic mass is 10.2. The van der Waals surface area contributed by atoms with E-state index in [1.54, 1.807) is 11.0 Å². The largest absolute Gasteiger partial charge is 0.364 e. The fourth-order valence-corrected chi connectivity index (χ4v) is 2.40. The van der Waals surface area contributed by atoms with Crippen LogP contribution in [0.3, 0.4) is 0 Å². The van der Waals surface area contributed by atoms with E-state index in [1.807, 2.05) is 24.3 Å². The third-order valence-electron chi connectivity index (χ3n) is 3.49. The Labute approximate surface area is 122 Å². The molecule has 1 aliphatic heterocycles. The van der Waals surface area contributed by atoms with Crippen LogP contribution in [0, 0.1) is 0 Å². The number of nitrogens with one attached hydrogen (secondary N) is 1. The summed E-state index contributed by atoms with van der Waals surface area (Å²) in [5.41, 5.74) is 7.00. The van der Waals surface area contributed by atoms with Gasteiger partial charge in [-0.05, 0) is 25.0 Å². The van der Waals surface area contributed by atoms with Crippen LogP contribution in [-0.2, 0) is 9.53 Å². The van der Waals surface area contributed by atoms with Crippen molar-refractivity contribution >= 4 is 11.6 Å². The highest BCUT2D eigenvalue weighted by Crippen LogP contribution is 2.23. The molecule has 1 amide bonds. The lowest BCUT2D eigenvalue weighted by Gasteiger charge is -2.14. The van der Waals surface area contributed by atoms with Gasteiger partial charge in [0.2, 0.25) is 0 Å². The van der Waals surface area contributed by atoms with Crippen molar-refractivity contribution in [3.05, 3.63) is 36.9 Å². The number of para-hydroxylation sites is 2. The summed E-state index contributed by atoms with van der Waals surface area (Å²) in [7, 11) is 0. The Hall–Kier alpha value is -2.25. The first-order chi connectivity index (χ1) is 10.3. The SMILES string of the molecule is NCC1CCC(C(=O)Nc2ccccc2-n2cncn2)O1. The zero-order valence-corrected chi connectivity index (χ0v) is 11.5. The molecule has 2 unspecified atom stereocenters. The Bertz CT molecular complexity index is 614. The van der Waals surface area contributed by atoms with E-state index in [-0.39, 0.29) is 12.0 Å². The van der Waals surface area contributed by atoms with E-state index in [1.165, 1.54) is 6.33 Å². The Morgan fingerprint density at radius 1 is 1.43 bits per heavy atom. The van der Waals surface area contributed by atoms with Crippen LogP contribution in [0.25, 0.3) is 5.69 Å². The maximum absolute atomic E-state index is 12.3. The molecule has 110 valence electrons. The summed E-state index contributed by atoms with van der Waals surface area (Å²) >= 11 is 0. The standard InChI is InChI=1S/C14H17N5O2/c15-7-10-5-6-13(21-10)14(20)18-11-3-1-2-4-12(11)19-9-16-8-17-19/h1-4,8-10,13H,5-7,15H2,(H,18,20). The van der Waals surface area contributed by atoms with Gasteiger partial charge in [0.15, 0.2) is 0 Å². The van der Waals surface area contributed by atoms with E-state index < -0.39 is 6.10 Å². The van der Waals surface area contributed by atoms with Crippen molar-refractivity contribution in [3.8, 4) is 5.69 Å². The number of anilines is 1. The van der Waals surface area contributed by atoms with Crippen LogP contribution in [-0.4, -0.2) is 39.4 Å². The molecule has 3 rings (SSSR count). The molecule has 0 bridgehead atoms. The van der Waals surface area contributed by atoms with Gasteiger partial charge in [0.1, 0.15) is 18.8 Å². The van der Waals surface area contributed by atoms with Gasteiger partial charge in [0.25, 0.3) is 5.91 Å². The average molecular weight is 287 g/mol. The minimum absolute atomic E-state index is 0.0219. The minimum Gasteiger partial charge on any atom is -0.364 e. The van der Waals surface area contributed by atoms with Crippen LogP contribution in [0.1, 0.15) is 12.8 Å². The number of aromatic nitrogens is 3. The van der Waals surface area contributed by atoms with Crippen molar-refractivity contribution in [1.29, 1.82) is 0 Å². The molecule has 2 aromatic rings. The van der Waals surface area contributed by atoms with Gasteiger partial charge in [-0.1, -0.05) is 12.1 Å². The van der Waals surface area contributed by atoms with E-state index in [0.717, 1.165) is 12.1 Å². The van der Waals surface area contributed by atoms with Gasteiger partial charge in [-0.3, -0.25) is 4.79 Å². The van der Waals surface area contributed by atoms with E-state index in [4.69, 9.17) is 10.5 Å². The summed E-state index contributed by atoms with van der Waals surface area (Å²) in [6.07, 6.45) is 4.08. The predicted octanol–water partition coefficient (Wildman–Crippen LogP) is 0.712. The number of carbonyl (C=O) groups excluding carboxylic acids is 1. The lowest BCUT2D eigenvalue weighted by Crippen LogP contribution is -2.30. The second kappa shape index (κ2) is 6.02. The second-order valence-electron chi connectivity index (χ2n) is 4.91. The van der Waals surface area contributed by atoms with Gasteiger partial charge < -0.3 is 15.8 Å². The number of ether oxygens (including phenoxy) is 1. The highest BCUT2D eigenvalue weighted by atomic mass is 16.5. The summed E-state index contributed by atoms with van der Waals surface area (Å²) in [4.78, 5) is 16.2. The molecule has 21 heavy (non-hydrogen) atoms. The fourth-order valence-electron chi connectivity index (χ4n) is 2.40. The molecule has 0 radical (unpaired) electrons. The maximum Gasteiger partial charge on any atom is 0.253 e. The number of hydrogen-bond donors (Lipinski definition) is 2. The van der Waals surface area contributed by atoms with Gasteiger partial charge >= 0.3 is 0 Å². The lowest BCUT2D eigenvalue weighted by molar-refractivity contribution is -0.126. The second-order valence-corrected chi connectivity index (χ2v) is 4.91. The Kier molecular flexibility index (Phi) is 3.94. The molecule has 1 aliphatic rings. The van der Waals surface area contributed by atoms with Crippen molar-refractivity contribution < 1.29 is 9.53 Å². The number of carbonyl (C=O) groups is 1. The Balaban J connectivity index is 1.75. The third-order valence-corrected chi connectivity index (χ3v) is 3.49. The summed E-state index contributed by atoms with van der Waals surface area (Å²) in [6, 6.07) is 7.42. The molecule has 0 aliphatic carbocycles. The molecule has 1 fully saturated rings. The van der Waals surface area contributed by atoms with Gasteiger partial charge in [-0.25, -0.2) is 9.67 Å². The molecule has 2 heterocycles. The number of rotatable bonds is 4. The zero-order chi connectivity index (χ0) is 14.7. The van der Waals surface area contributed by atoms with Crippen LogP contribution in [0.2, 0.25) is 0 Å². The topological polar surface area (TPSA) is 95.1 Å². The van der Waals surface area contributed by atoms with Crippen LogP contribution in [0.4, 0.5) is 5.69 Å². The van der Waals surface area contributed by atoms with Crippen molar-refractivity contribution in [1.82, 2.24) is 14.8 Å². The van der Waals surface area contributed by atoms with Gasteiger partial charge in [0.05, 0.1) is 17.5 Å². The molecule has 3 N–H and O–H groups in total. The predicted molar refractivity (Wildman–Crippen MR) is 76.9 cm³/mol. The van der Waals surface area contributed by atoms with Crippen molar-refractivity contribution in [2.24, 2.45) is 5.73 Å². The van der Waals surface area contributed by atoms with Crippen LogP contribution in [0.5, 0.6) is 0 Å². The molecule has 0 saturated carbocycles. The molecule has 1 saturated heterocycles. The highest BCUT2D eigenvalue weighted by molar-refractivity contribution is 5.96. The molecular weight excluding hydrogens is 270 g/mol. The molecular formula is C14H17N5O2. The Morgan fingerprint density at radius 3 is 3.00 bits per heavy atom. The zero-order valence-electron chi connectivity index (χ0n) is 11.5. The van der Waals surface area contributed by atoms with Crippen LogP contribution < -0.4 is 11.1 Å². The molecule has 1 aromatic heterocycles. The minimum atomic E-state index is -0.442. The normalized spacial score (nSPS) is 21.4. The summed E-state index contributed by atoms with van der Waals surface area (Å²) in [5, 5.41) is 6.98. The summed E-state index contributed by atoms with van der Waals surface area (Å²) in [5.74, 6) is -0.154. The van der Waals surface area contributed by atoms with Crippen LogP contribution in [0.15, 0.2) is 36.9 Å². The number of amides is 1. The van der Waals surface area contributed by atoms with Crippen molar-refractivity contribution in [2.75, 3.05) is 11.9 Å². The number of nitrogens with two attached hydrogens (primary N) is 1. The van der Waals surface area contributed by atoms with Gasteiger partial charge in [-0.15, -0.1) is 0 Å². The van der Waals surface area contributed by atoms with E-state index in [2.05, 4.69) is 15.4 Å². The van der Waals surface area contributed by atoms with Crippen molar-refractivity contribution in [2.45, 2.75) is 25.0 Å². The first-order valence-corrected chi connectivity index (χ1v) is 6.88. The first-order valence-electron chi connectivity index (χ1n) is 6.88. The molecule has 7 nitrogen and oxygen atoms in total.